The Morgan fingerprint density at radius 2 is 1.36 bits per heavy atom. The molecule has 3 saturated carbocycles. The minimum atomic E-state index is -4.06. The first-order valence-corrected chi connectivity index (χ1v) is 17.5. The Bertz CT molecular complexity index is 1760. The van der Waals surface area contributed by atoms with Crippen molar-refractivity contribution in [3.8, 4) is 23.0 Å². The molecule has 242 valence electrons. The first kappa shape index (κ1) is 30.6. The number of carbonyl (C=O) groups excluding carboxylic acids is 1. The Morgan fingerprint density at radius 1 is 0.822 bits per heavy atom. The minimum Gasteiger partial charge on any atom is -0.493 e. The van der Waals surface area contributed by atoms with Crippen LogP contribution in [0.25, 0.3) is 21.5 Å². The molecule has 2 aliphatic heterocycles. The highest BCUT2D eigenvalue weighted by atomic mass is 32.2. The van der Waals surface area contributed by atoms with Crippen molar-refractivity contribution in [1.29, 1.82) is 0 Å². The second kappa shape index (κ2) is 10.2. The lowest BCUT2D eigenvalue weighted by molar-refractivity contribution is -0.124. The number of carbonyl (C=O) groups is 1. The molecule has 0 aromatic heterocycles. The molecular weight excluding hydrogens is 594 g/mol. The molecule has 1 spiro atoms. The van der Waals surface area contributed by atoms with Gasteiger partial charge in [0.2, 0.25) is 0 Å². The highest BCUT2D eigenvalue weighted by Gasteiger charge is 2.97. The second-order valence-corrected chi connectivity index (χ2v) is 15.5. The minimum absolute atomic E-state index is 0.0429. The number of nitrogens with zero attached hydrogens (tertiary/aromatic N) is 1. The van der Waals surface area contributed by atoms with Crippen LogP contribution in [0.5, 0.6) is 23.0 Å². The van der Waals surface area contributed by atoms with E-state index in [1.807, 2.05) is 13.8 Å². The largest absolute Gasteiger partial charge is 0.493 e. The smallest absolute Gasteiger partial charge is 0.265 e. The molecule has 3 unspecified atom stereocenters. The van der Waals surface area contributed by atoms with Gasteiger partial charge in [-0.3, -0.25) is 14.2 Å². The molecule has 5 aliphatic rings. The van der Waals surface area contributed by atoms with Crippen LogP contribution in [0.2, 0.25) is 0 Å². The van der Waals surface area contributed by atoms with Crippen molar-refractivity contribution in [2.24, 2.45) is 22.2 Å². The second-order valence-electron chi connectivity index (χ2n) is 14.0. The lowest BCUT2D eigenvalue weighted by Gasteiger charge is -2.41. The van der Waals surface area contributed by atoms with Gasteiger partial charge in [0.15, 0.2) is 23.0 Å². The van der Waals surface area contributed by atoms with Gasteiger partial charge in [0.05, 0.1) is 39.6 Å². The van der Waals surface area contributed by atoms with Crippen molar-refractivity contribution in [3.05, 3.63) is 35.4 Å². The molecule has 0 bridgehead atoms. The lowest BCUT2D eigenvalue weighted by atomic mass is 9.82. The maximum Gasteiger partial charge on any atom is 0.265 e. The van der Waals surface area contributed by atoms with Crippen LogP contribution in [0.4, 0.5) is 0 Å². The van der Waals surface area contributed by atoms with Crippen molar-refractivity contribution >= 4 is 37.4 Å². The fraction of sp³-hybridized carbons (Fsp3) is 0.571. The number of hydrogen-bond acceptors (Lipinski definition) is 8. The summed E-state index contributed by atoms with van der Waals surface area (Å²) in [5.41, 5.74) is 1.75. The molecule has 10 heteroatoms. The number of piperidine rings is 1. The summed E-state index contributed by atoms with van der Waals surface area (Å²) in [4.78, 5) is 14.6. The molecule has 2 heterocycles. The Morgan fingerprint density at radius 3 is 1.84 bits per heavy atom. The number of rotatable bonds is 6. The van der Waals surface area contributed by atoms with Crippen LogP contribution in [-0.2, 0) is 27.9 Å². The Hall–Kier alpha value is -3.08. The van der Waals surface area contributed by atoms with Crippen molar-refractivity contribution in [2.75, 3.05) is 40.7 Å². The molecule has 8 rings (SSSR count). The van der Waals surface area contributed by atoms with Crippen molar-refractivity contribution in [2.45, 2.75) is 65.0 Å². The Kier molecular flexibility index (Phi) is 6.94. The predicted molar refractivity (Wildman–Crippen MR) is 172 cm³/mol. The number of Topliss-reactive ketones (excluding diaryl/α,β-unsaturated/α-hetero) is 1. The van der Waals surface area contributed by atoms with Gasteiger partial charge in [-0.2, -0.15) is 8.42 Å². The third-order valence-corrected chi connectivity index (χ3v) is 13.0. The van der Waals surface area contributed by atoms with E-state index in [9.17, 15) is 13.2 Å². The van der Waals surface area contributed by atoms with Crippen LogP contribution >= 0.6 is 0 Å². The molecular formula is C35H43NO8S. The summed E-state index contributed by atoms with van der Waals surface area (Å²) in [6.07, 6.45) is 6.44. The van der Waals surface area contributed by atoms with Crippen LogP contribution < -0.4 is 18.9 Å². The van der Waals surface area contributed by atoms with Gasteiger partial charge in [0, 0.05) is 19.0 Å². The highest BCUT2D eigenvalue weighted by molar-refractivity contribution is 7.85. The topological polar surface area (TPSA) is 112 Å². The van der Waals surface area contributed by atoms with Gasteiger partial charge >= 0.3 is 0 Å². The maximum atomic E-state index is 11.9. The van der Waals surface area contributed by atoms with Gasteiger partial charge in [0.25, 0.3) is 10.1 Å². The maximum absolute atomic E-state index is 11.9. The standard InChI is InChI=1S/C25H29NO4.C10H14O4S/c1-27-22-10-17-16-9-15-7-5-6-8-26(15)14-21(16)20-13-25(30-4)24(29-3)12-19(20)18(17)11-23(22)28-2;1-8(2)9-4-6(9)3-7(11)10(8,9)5-15(12,13)14/h10-13,15H,5-9,14H2,1-4H3;6H,3-5H2,1-2H3,(H,12,13,14)/t;6?,9?,10-/m.1/s1. The molecule has 1 N–H and O–H groups in total. The van der Waals surface area contributed by atoms with Crippen LogP contribution in [0.1, 0.15) is 57.1 Å². The van der Waals surface area contributed by atoms with Crippen LogP contribution in [0, 0.1) is 22.2 Å². The van der Waals surface area contributed by atoms with Crippen molar-refractivity contribution in [1.82, 2.24) is 4.90 Å². The Balaban J connectivity index is 0.000000181. The zero-order valence-electron chi connectivity index (χ0n) is 27.0. The molecule has 0 radical (unpaired) electrons. The summed E-state index contributed by atoms with van der Waals surface area (Å²) in [6.45, 7) is 6.07. The number of fused-ring (bicyclic) bond motifs is 7. The fourth-order valence-corrected chi connectivity index (χ4v) is 11.3. The van der Waals surface area contributed by atoms with E-state index in [1.165, 1.54) is 53.1 Å². The van der Waals surface area contributed by atoms with Gasteiger partial charge in [0.1, 0.15) is 5.78 Å². The number of methoxy groups -OCH3 is 4. The molecule has 4 fully saturated rings. The lowest BCUT2D eigenvalue weighted by Crippen LogP contribution is -2.43. The summed E-state index contributed by atoms with van der Waals surface area (Å²) in [6, 6.07) is 9.14. The van der Waals surface area contributed by atoms with Gasteiger partial charge in [-0.25, -0.2) is 0 Å². The van der Waals surface area contributed by atoms with Gasteiger partial charge in [-0.15, -0.1) is 0 Å². The van der Waals surface area contributed by atoms with Crippen LogP contribution in [0.15, 0.2) is 24.3 Å². The van der Waals surface area contributed by atoms with Gasteiger partial charge < -0.3 is 18.9 Å². The molecule has 9 nitrogen and oxygen atoms in total. The summed E-state index contributed by atoms with van der Waals surface area (Å²) in [5, 5.41) is 4.84. The average Bonchev–Trinajstić information content (AvgIpc) is 3.82. The average molecular weight is 638 g/mol. The number of ketones is 1. The summed E-state index contributed by atoms with van der Waals surface area (Å²) in [5.74, 6) is 3.08. The summed E-state index contributed by atoms with van der Waals surface area (Å²) < 4.78 is 53.6. The first-order chi connectivity index (χ1) is 21.4. The zero-order valence-corrected chi connectivity index (χ0v) is 27.8. The number of benzene rings is 3. The normalized spacial score (nSPS) is 29.1. The van der Waals surface area contributed by atoms with E-state index in [1.54, 1.807) is 28.4 Å². The summed E-state index contributed by atoms with van der Waals surface area (Å²) >= 11 is 0. The van der Waals surface area contributed by atoms with Gasteiger partial charge in [-0.1, -0.05) is 20.3 Å². The van der Waals surface area contributed by atoms with E-state index in [0.29, 0.717) is 18.4 Å². The van der Waals surface area contributed by atoms with Crippen molar-refractivity contribution in [3.63, 3.8) is 0 Å². The van der Waals surface area contributed by atoms with E-state index in [-0.39, 0.29) is 22.4 Å². The zero-order chi connectivity index (χ0) is 32.1. The molecule has 3 aromatic rings. The van der Waals surface area contributed by atoms with Crippen LogP contribution in [0.3, 0.4) is 0 Å². The molecule has 4 atom stereocenters. The molecule has 1 saturated heterocycles. The SMILES string of the molecule is CC1(C)C23CC2CC(=O)[C@]13CS(=O)(=O)O.COc1cc2c3c(c4cc(OC)c(OC)cc4c2cc1OC)CN1CCCCC1C3. The number of ether oxygens (including phenoxy) is 4. The predicted octanol–water partition coefficient (Wildman–Crippen LogP) is 5.82. The van der Waals surface area contributed by atoms with E-state index in [2.05, 4.69) is 29.2 Å². The third kappa shape index (κ3) is 4.17. The summed E-state index contributed by atoms with van der Waals surface area (Å²) in [7, 11) is 2.72. The molecule has 0 amide bonds. The third-order valence-electron chi connectivity index (χ3n) is 12.2. The van der Waals surface area contributed by atoms with E-state index < -0.39 is 15.5 Å². The highest BCUT2D eigenvalue weighted by Crippen LogP contribution is 2.96. The monoisotopic (exact) mass is 637 g/mol. The van der Waals surface area contributed by atoms with Crippen LogP contribution in [-0.4, -0.2) is 70.4 Å². The van der Waals surface area contributed by atoms with E-state index >= 15 is 0 Å². The van der Waals surface area contributed by atoms with E-state index in [0.717, 1.165) is 47.8 Å². The molecule has 45 heavy (non-hydrogen) atoms. The molecule has 3 aliphatic carbocycles. The van der Waals surface area contributed by atoms with Crippen molar-refractivity contribution < 1.29 is 36.7 Å². The van der Waals surface area contributed by atoms with Gasteiger partial charge in [-0.05, 0) is 106 Å². The quantitative estimate of drug-likeness (QED) is 0.264. The number of hydrogen-bond donors (Lipinski definition) is 1. The molecule has 3 aromatic carbocycles. The first-order valence-electron chi connectivity index (χ1n) is 15.8. The Labute approximate surface area is 264 Å². The fourth-order valence-electron chi connectivity index (χ4n) is 10.0. The van der Waals surface area contributed by atoms with E-state index in [4.69, 9.17) is 23.5 Å².